The molecule has 2 N–H and O–H groups in total. The van der Waals surface area contributed by atoms with Gasteiger partial charge in [-0.2, -0.15) is 5.10 Å². The van der Waals surface area contributed by atoms with E-state index in [2.05, 4.69) is 61.2 Å². The van der Waals surface area contributed by atoms with Crippen LogP contribution in [0.15, 0.2) is 24.4 Å². The van der Waals surface area contributed by atoms with Crippen molar-refractivity contribution in [3.8, 4) is 0 Å². The number of nitrogens with zero attached hydrogens (tertiary/aromatic N) is 2. The van der Waals surface area contributed by atoms with Gasteiger partial charge in [-0.25, -0.2) is 0 Å². The Morgan fingerprint density at radius 3 is 3.00 bits per heavy atom. The van der Waals surface area contributed by atoms with E-state index in [-0.39, 0.29) is 12.5 Å². The predicted molar refractivity (Wildman–Crippen MR) is 96.2 cm³/mol. The van der Waals surface area contributed by atoms with E-state index in [4.69, 9.17) is 4.74 Å². The van der Waals surface area contributed by atoms with E-state index in [1.54, 1.807) is 0 Å². The number of nitrogens with one attached hydrogen (secondary N) is 2. The second-order valence-electron chi connectivity index (χ2n) is 6.16. The Bertz CT molecular complexity index is 640. The molecule has 2 aliphatic rings. The summed E-state index contributed by atoms with van der Waals surface area (Å²) in [6.07, 6.45) is 7.18. The van der Waals surface area contributed by atoms with Gasteiger partial charge in [-0.1, -0.05) is 22.6 Å². The molecule has 0 saturated carbocycles. The molecule has 2 fully saturated rings. The molecule has 6 heteroatoms. The molecule has 0 aliphatic carbocycles. The van der Waals surface area contributed by atoms with Gasteiger partial charge in [-0.05, 0) is 43.9 Å². The van der Waals surface area contributed by atoms with Crippen LogP contribution in [0.2, 0.25) is 0 Å². The quantitative estimate of drug-likeness (QED) is 0.600. The van der Waals surface area contributed by atoms with Gasteiger partial charge in [0, 0.05) is 24.2 Å². The number of benzene rings is 1. The predicted octanol–water partition coefficient (Wildman–Crippen LogP) is 3.34. The number of anilines is 1. The van der Waals surface area contributed by atoms with E-state index >= 15 is 0 Å². The minimum atomic E-state index is 0.0734. The van der Waals surface area contributed by atoms with Crippen molar-refractivity contribution in [2.45, 2.75) is 42.1 Å². The molecule has 0 bridgehead atoms. The third-order valence-corrected chi connectivity index (χ3v) is 5.89. The van der Waals surface area contributed by atoms with Gasteiger partial charge in [0.05, 0.1) is 15.6 Å². The Hall–Kier alpha value is -0.860. The van der Waals surface area contributed by atoms with Gasteiger partial charge in [0.25, 0.3) is 0 Å². The van der Waals surface area contributed by atoms with Crippen molar-refractivity contribution in [3.63, 3.8) is 0 Å². The number of H-pyrrole nitrogens is 1. The van der Waals surface area contributed by atoms with Gasteiger partial charge in [-0.3, -0.25) is 10.00 Å². The van der Waals surface area contributed by atoms with E-state index < -0.39 is 0 Å². The molecule has 0 amide bonds. The number of halogens is 1. The zero-order valence-electron chi connectivity index (χ0n) is 12.5. The van der Waals surface area contributed by atoms with Gasteiger partial charge in [-0.15, -0.1) is 0 Å². The summed E-state index contributed by atoms with van der Waals surface area (Å²) in [7, 11) is 0. The first kappa shape index (κ1) is 14.7. The highest BCUT2D eigenvalue weighted by Crippen LogP contribution is 2.30. The van der Waals surface area contributed by atoms with Crippen LogP contribution in [-0.4, -0.2) is 44.6 Å². The average molecular weight is 412 g/mol. The second-order valence-corrected chi connectivity index (χ2v) is 7.76. The number of hydrogen-bond acceptors (Lipinski definition) is 4. The molecule has 2 saturated heterocycles. The van der Waals surface area contributed by atoms with Crippen LogP contribution >= 0.6 is 22.6 Å². The Morgan fingerprint density at radius 2 is 2.14 bits per heavy atom. The van der Waals surface area contributed by atoms with Crippen LogP contribution < -0.4 is 5.32 Å². The van der Waals surface area contributed by atoms with E-state index in [0.717, 1.165) is 23.0 Å². The van der Waals surface area contributed by atoms with Crippen molar-refractivity contribution in [2.75, 3.05) is 18.4 Å². The largest absolute Gasteiger partial charge is 0.359 e. The first-order chi connectivity index (χ1) is 10.8. The zero-order valence-corrected chi connectivity index (χ0v) is 14.6. The molecule has 0 radical (unpaired) electrons. The number of likely N-dealkylation sites (tertiary alicyclic amines) is 1. The van der Waals surface area contributed by atoms with Crippen molar-refractivity contribution >= 4 is 39.2 Å². The molecule has 3 unspecified atom stereocenters. The summed E-state index contributed by atoms with van der Waals surface area (Å²) in [6.45, 7) is 2.37. The molecule has 2 aliphatic heterocycles. The lowest BCUT2D eigenvalue weighted by molar-refractivity contribution is -0.106. The van der Waals surface area contributed by atoms with Gasteiger partial charge in [0.1, 0.15) is 12.5 Å². The third kappa shape index (κ3) is 2.96. The molecule has 2 aromatic rings. The molecule has 1 aromatic carbocycles. The van der Waals surface area contributed by atoms with Crippen molar-refractivity contribution in [1.82, 2.24) is 15.1 Å². The lowest BCUT2D eigenvalue weighted by Gasteiger charge is -2.38. The summed E-state index contributed by atoms with van der Waals surface area (Å²) < 4.78 is 6.86. The third-order valence-electron chi connectivity index (χ3n) is 4.62. The Kier molecular flexibility index (Phi) is 4.23. The second kappa shape index (κ2) is 6.33. The van der Waals surface area contributed by atoms with E-state index in [0.29, 0.717) is 3.92 Å². The number of aromatic nitrogens is 2. The summed E-state index contributed by atoms with van der Waals surface area (Å²) in [5.41, 5.74) is 2.17. The van der Waals surface area contributed by atoms with E-state index in [9.17, 15) is 0 Å². The van der Waals surface area contributed by atoms with Crippen LogP contribution in [0, 0.1) is 0 Å². The highest BCUT2D eigenvalue weighted by atomic mass is 127. The van der Waals surface area contributed by atoms with Crippen LogP contribution in [0.1, 0.15) is 25.7 Å². The zero-order chi connectivity index (χ0) is 14.9. The molecule has 5 nitrogen and oxygen atoms in total. The summed E-state index contributed by atoms with van der Waals surface area (Å²) >= 11 is 2.51. The first-order valence-corrected chi connectivity index (χ1v) is 9.27. The Morgan fingerprint density at radius 1 is 1.27 bits per heavy atom. The highest BCUT2D eigenvalue weighted by Gasteiger charge is 2.33. The van der Waals surface area contributed by atoms with Crippen LogP contribution in [0.25, 0.3) is 10.9 Å². The molecular formula is C16H21IN4O. The number of rotatable bonds is 3. The molecule has 3 heterocycles. The van der Waals surface area contributed by atoms with Crippen LogP contribution in [0.5, 0.6) is 0 Å². The van der Waals surface area contributed by atoms with Crippen molar-refractivity contribution in [1.29, 1.82) is 0 Å². The van der Waals surface area contributed by atoms with Crippen molar-refractivity contribution in [3.05, 3.63) is 24.4 Å². The monoisotopic (exact) mass is 412 g/mol. The highest BCUT2D eigenvalue weighted by molar-refractivity contribution is 14.1. The molecule has 4 rings (SSSR count). The molecule has 3 atom stereocenters. The SMILES string of the molecule is IC1CCC(N2CCCC2)OC1Nc1ccc2[nH]ncc2c1. The summed E-state index contributed by atoms with van der Waals surface area (Å²) in [4.78, 5) is 2.50. The Labute approximate surface area is 143 Å². The fourth-order valence-electron chi connectivity index (χ4n) is 3.40. The molecular weight excluding hydrogens is 391 g/mol. The van der Waals surface area contributed by atoms with Crippen LogP contribution in [0.3, 0.4) is 0 Å². The van der Waals surface area contributed by atoms with E-state index in [1.807, 2.05) is 6.20 Å². The molecule has 118 valence electrons. The minimum absolute atomic E-state index is 0.0734. The maximum Gasteiger partial charge on any atom is 0.141 e. The smallest absolute Gasteiger partial charge is 0.141 e. The fourth-order valence-corrected chi connectivity index (χ4v) is 4.10. The minimum Gasteiger partial charge on any atom is -0.359 e. The van der Waals surface area contributed by atoms with Crippen molar-refractivity contribution < 1.29 is 4.74 Å². The van der Waals surface area contributed by atoms with Gasteiger partial charge in [0.15, 0.2) is 0 Å². The number of ether oxygens (including phenoxy) is 1. The Balaban J connectivity index is 1.47. The van der Waals surface area contributed by atoms with Crippen LogP contribution in [0.4, 0.5) is 5.69 Å². The maximum absolute atomic E-state index is 6.36. The van der Waals surface area contributed by atoms with Crippen LogP contribution in [-0.2, 0) is 4.74 Å². The van der Waals surface area contributed by atoms with Gasteiger partial charge >= 0.3 is 0 Å². The molecule has 0 spiro atoms. The molecule has 1 aromatic heterocycles. The normalized spacial score (nSPS) is 30.0. The number of fused-ring (bicyclic) bond motifs is 1. The average Bonchev–Trinajstić information content (AvgIpc) is 3.19. The van der Waals surface area contributed by atoms with Crippen molar-refractivity contribution in [2.24, 2.45) is 0 Å². The first-order valence-electron chi connectivity index (χ1n) is 8.03. The lowest BCUT2D eigenvalue weighted by atomic mass is 10.1. The van der Waals surface area contributed by atoms with Gasteiger partial charge < -0.3 is 10.1 Å². The topological polar surface area (TPSA) is 53.2 Å². The van der Waals surface area contributed by atoms with Gasteiger partial charge in [0.2, 0.25) is 0 Å². The summed E-state index contributed by atoms with van der Waals surface area (Å²) in [5, 5.41) is 11.8. The fraction of sp³-hybridized carbons (Fsp3) is 0.562. The lowest BCUT2D eigenvalue weighted by Crippen LogP contribution is -2.47. The summed E-state index contributed by atoms with van der Waals surface area (Å²) in [5.74, 6) is 0. The number of alkyl halides is 1. The number of hydrogen-bond donors (Lipinski definition) is 2. The summed E-state index contributed by atoms with van der Waals surface area (Å²) in [6, 6.07) is 6.28. The molecule has 22 heavy (non-hydrogen) atoms. The van der Waals surface area contributed by atoms with E-state index in [1.165, 1.54) is 32.4 Å². The standard InChI is InChI=1S/C16H21IN4O/c17-13-4-6-15(21-7-1-2-8-21)22-16(13)19-12-3-5-14-11(9-12)10-18-20-14/h3,5,9-10,13,15-16,19H,1-2,4,6-8H2,(H,18,20). The number of aromatic amines is 1. The maximum atomic E-state index is 6.36.